The van der Waals surface area contributed by atoms with Crippen LogP contribution < -0.4 is 0 Å². The SMILES string of the molecule is O=C(C#Cc1ccccc1)CSCC(=O)C#Cc1ccccc1. The van der Waals surface area contributed by atoms with E-state index in [-0.39, 0.29) is 23.1 Å². The van der Waals surface area contributed by atoms with Crippen molar-refractivity contribution in [3.05, 3.63) is 71.8 Å². The van der Waals surface area contributed by atoms with Crippen LogP contribution in [0.1, 0.15) is 11.1 Å². The average Bonchev–Trinajstić information content (AvgIpc) is 2.60. The summed E-state index contributed by atoms with van der Waals surface area (Å²) in [6, 6.07) is 18.6. The molecule has 0 heterocycles. The molecule has 0 aliphatic heterocycles. The molecule has 0 atom stereocenters. The average molecular weight is 318 g/mol. The van der Waals surface area contributed by atoms with Crippen LogP contribution in [-0.4, -0.2) is 23.1 Å². The first-order chi connectivity index (χ1) is 11.2. The summed E-state index contributed by atoms with van der Waals surface area (Å²) in [5.41, 5.74) is 1.60. The molecule has 0 N–H and O–H groups in total. The zero-order valence-electron chi connectivity index (χ0n) is 12.4. The van der Waals surface area contributed by atoms with Gasteiger partial charge in [0.15, 0.2) is 0 Å². The Kier molecular flexibility index (Phi) is 6.72. The van der Waals surface area contributed by atoms with Crippen molar-refractivity contribution in [2.75, 3.05) is 11.5 Å². The van der Waals surface area contributed by atoms with Crippen LogP contribution in [0.15, 0.2) is 60.7 Å². The van der Waals surface area contributed by atoms with E-state index in [9.17, 15) is 9.59 Å². The van der Waals surface area contributed by atoms with Crippen molar-refractivity contribution in [2.24, 2.45) is 0 Å². The quantitative estimate of drug-likeness (QED) is 0.813. The molecule has 0 aliphatic carbocycles. The number of rotatable bonds is 4. The fourth-order valence-corrected chi connectivity index (χ4v) is 2.25. The minimum Gasteiger partial charge on any atom is -0.284 e. The molecule has 0 amide bonds. The van der Waals surface area contributed by atoms with Gasteiger partial charge < -0.3 is 0 Å². The third kappa shape index (κ3) is 6.70. The maximum atomic E-state index is 11.6. The Morgan fingerprint density at radius 2 is 1.09 bits per heavy atom. The molecule has 0 saturated carbocycles. The van der Waals surface area contributed by atoms with Gasteiger partial charge in [-0.2, -0.15) is 0 Å². The second-order valence-electron chi connectivity index (χ2n) is 4.57. The largest absolute Gasteiger partial charge is 0.284 e. The number of carbonyl (C=O) groups excluding carboxylic acids is 2. The molecular formula is C20H14O2S. The van der Waals surface area contributed by atoms with Crippen LogP contribution in [0.5, 0.6) is 0 Å². The number of ketones is 2. The van der Waals surface area contributed by atoms with Crippen LogP contribution in [0.2, 0.25) is 0 Å². The van der Waals surface area contributed by atoms with Crippen LogP contribution in [0.3, 0.4) is 0 Å². The Bertz CT molecular complexity index is 718. The number of thioether (sulfide) groups is 1. The van der Waals surface area contributed by atoms with Gasteiger partial charge >= 0.3 is 0 Å². The third-order valence-corrected chi connectivity index (χ3v) is 3.64. The monoisotopic (exact) mass is 318 g/mol. The summed E-state index contributed by atoms with van der Waals surface area (Å²) < 4.78 is 0. The molecule has 0 aromatic heterocycles. The van der Waals surface area contributed by atoms with Crippen LogP contribution >= 0.6 is 11.8 Å². The minimum absolute atomic E-state index is 0.192. The Labute approximate surface area is 140 Å². The van der Waals surface area contributed by atoms with E-state index < -0.39 is 0 Å². The van der Waals surface area contributed by atoms with E-state index in [4.69, 9.17) is 0 Å². The first kappa shape index (κ1) is 16.6. The lowest BCUT2D eigenvalue weighted by molar-refractivity contribution is -0.111. The Hall–Kier alpha value is -2.75. The summed E-state index contributed by atoms with van der Waals surface area (Å²) >= 11 is 1.24. The highest BCUT2D eigenvalue weighted by atomic mass is 32.2. The smallest absolute Gasteiger partial charge is 0.215 e. The van der Waals surface area contributed by atoms with Crippen molar-refractivity contribution in [3.8, 4) is 23.7 Å². The number of hydrogen-bond donors (Lipinski definition) is 0. The van der Waals surface area contributed by atoms with E-state index in [1.165, 1.54) is 11.8 Å². The zero-order valence-corrected chi connectivity index (χ0v) is 13.2. The van der Waals surface area contributed by atoms with Crippen LogP contribution in [-0.2, 0) is 9.59 Å². The van der Waals surface area contributed by atoms with Gasteiger partial charge in [-0.25, -0.2) is 0 Å². The normalized spacial score (nSPS) is 9.04. The molecule has 3 heteroatoms. The van der Waals surface area contributed by atoms with E-state index >= 15 is 0 Å². The minimum atomic E-state index is -0.192. The van der Waals surface area contributed by atoms with E-state index in [0.29, 0.717) is 0 Å². The maximum absolute atomic E-state index is 11.6. The topological polar surface area (TPSA) is 34.1 Å². The first-order valence-electron chi connectivity index (χ1n) is 7.01. The molecular weight excluding hydrogens is 304 g/mol. The first-order valence-corrected chi connectivity index (χ1v) is 8.17. The molecule has 2 aromatic carbocycles. The number of carbonyl (C=O) groups is 2. The third-order valence-electron chi connectivity index (χ3n) is 2.71. The summed E-state index contributed by atoms with van der Waals surface area (Å²) in [4.78, 5) is 23.3. The summed E-state index contributed by atoms with van der Waals surface area (Å²) in [7, 11) is 0. The molecule has 0 saturated heterocycles. The van der Waals surface area contributed by atoms with Gasteiger partial charge in [0.05, 0.1) is 11.5 Å². The van der Waals surface area contributed by atoms with Gasteiger partial charge in [-0.3, -0.25) is 9.59 Å². The van der Waals surface area contributed by atoms with Gasteiger partial charge in [0.2, 0.25) is 11.6 Å². The van der Waals surface area contributed by atoms with E-state index in [2.05, 4.69) is 23.7 Å². The lowest BCUT2D eigenvalue weighted by Crippen LogP contribution is -2.03. The molecule has 2 rings (SSSR count). The van der Waals surface area contributed by atoms with Gasteiger partial charge in [0.25, 0.3) is 0 Å². The van der Waals surface area contributed by atoms with E-state index in [1.54, 1.807) is 0 Å². The summed E-state index contributed by atoms with van der Waals surface area (Å²) in [6.45, 7) is 0. The molecule has 0 unspecified atom stereocenters. The Morgan fingerprint density at radius 3 is 1.48 bits per heavy atom. The van der Waals surface area contributed by atoms with Crippen molar-refractivity contribution < 1.29 is 9.59 Å². The predicted octanol–water partition coefficient (Wildman–Crippen LogP) is 2.96. The summed E-state index contributed by atoms with van der Waals surface area (Å²) in [6.07, 6.45) is 0. The van der Waals surface area contributed by atoms with Crippen molar-refractivity contribution in [1.82, 2.24) is 0 Å². The molecule has 23 heavy (non-hydrogen) atoms. The van der Waals surface area contributed by atoms with Gasteiger partial charge in [0, 0.05) is 11.1 Å². The number of Topliss-reactive ketones (excluding diaryl/α,β-unsaturated/α-hetero) is 2. The van der Waals surface area contributed by atoms with Gasteiger partial charge in [0.1, 0.15) is 0 Å². The molecule has 0 radical (unpaired) electrons. The second-order valence-corrected chi connectivity index (χ2v) is 5.56. The maximum Gasteiger partial charge on any atom is 0.215 e. The fraction of sp³-hybridized carbons (Fsp3) is 0.100. The highest BCUT2D eigenvalue weighted by molar-refractivity contribution is 8.00. The fourth-order valence-electron chi connectivity index (χ4n) is 1.64. The highest BCUT2D eigenvalue weighted by Gasteiger charge is 2.01. The highest BCUT2D eigenvalue weighted by Crippen LogP contribution is 2.01. The van der Waals surface area contributed by atoms with Crippen LogP contribution in [0.25, 0.3) is 0 Å². The molecule has 2 nitrogen and oxygen atoms in total. The Balaban J connectivity index is 1.75. The van der Waals surface area contributed by atoms with Crippen LogP contribution in [0, 0.1) is 23.7 Å². The number of hydrogen-bond acceptors (Lipinski definition) is 3. The number of benzene rings is 2. The standard InChI is InChI=1S/C20H14O2S/c21-19(13-11-17-7-3-1-4-8-17)15-23-16-20(22)14-12-18-9-5-2-6-10-18/h1-10H,15-16H2. The van der Waals surface area contributed by atoms with Crippen molar-refractivity contribution >= 4 is 23.3 Å². The van der Waals surface area contributed by atoms with Crippen molar-refractivity contribution in [2.45, 2.75) is 0 Å². The summed E-state index contributed by atoms with van der Waals surface area (Å²) in [5.74, 6) is 10.8. The summed E-state index contributed by atoms with van der Waals surface area (Å²) in [5, 5.41) is 0. The molecule has 0 fully saturated rings. The molecule has 0 aliphatic rings. The van der Waals surface area contributed by atoms with Gasteiger partial charge in [-0.15, -0.1) is 11.8 Å². The van der Waals surface area contributed by atoms with Crippen LogP contribution in [0.4, 0.5) is 0 Å². The lowest BCUT2D eigenvalue weighted by atomic mass is 10.2. The van der Waals surface area contributed by atoms with E-state index in [1.807, 2.05) is 60.7 Å². The van der Waals surface area contributed by atoms with Crippen molar-refractivity contribution in [1.29, 1.82) is 0 Å². The molecule has 2 aromatic rings. The zero-order chi connectivity index (χ0) is 16.3. The predicted molar refractivity (Wildman–Crippen MR) is 94.0 cm³/mol. The molecule has 112 valence electrons. The van der Waals surface area contributed by atoms with Gasteiger partial charge in [-0.05, 0) is 36.1 Å². The lowest BCUT2D eigenvalue weighted by Gasteiger charge is -1.92. The molecule has 0 bridgehead atoms. The molecule has 0 spiro atoms. The van der Waals surface area contributed by atoms with E-state index in [0.717, 1.165) is 11.1 Å². The van der Waals surface area contributed by atoms with Gasteiger partial charge in [-0.1, -0.05) is 48.2 Å². The second kappa shape index (κ2) is 9.30. The van der Waals surface area contributed by atoms with Crippen molar-refractivity contribution in [3.63, 3.8) is 0 Å². The Morgan fingerprint density at radius 1 is 0.696 bits per heavy atom.